The van der Waals surface area contributed by atoms with E-state index in [4.69, 9.17) is 10.00 Å². The van der Waals surface area contributed by atoms with Crippen LogP contribution in [0.3, 0.4) is 0 Å². The lowest BCUT2D eigenvalue weighted by molar-refractivity contribution is -0.137. The summed E-state index contributed by atoms with van der Waals surface area (Å²) in [7, 11) is 0. The first kappa shape index (κ1) is 22.8. The molecule has 0 radical (unpaired) electrons. The molecule has 172 valence electrons. The van der Waals surface area contributed by atoms with Crippen molar-refractivity contribution in [1.82, 2.24) is 14.6 Å². The molecule has 0 atom stereocenters. The lowest BCUT2D eigenvalue weighted by atomic mass is 10.0. The Labute approximate surface area is 191 Å². The summed E-state index contributed by atoms with van der Waals surface area (Å²) in [6, 6.07) is 12.7. The summed E-state index contributed by atoms with van der Waals surface area (Å²) in [6.45, 7) is 3.25. The van der Waals surface area contributed by atoms with Crippen LogP contribution in [0.25, 0.3) is 28.0 Å². The van der Waals surface area contributed by atoms with Crippen LogP contribution in [0.4, 0.5) is 13.2 Å². The molecular formula is C24H17F3N4O3. The summed E-state index contributed by atoms with van der Waals surface area (Å²) >= 11 is 0. The van der Waals surface area contributed by atoms with Gasteiger partial charge in [-0.2, -0.15) is 28.0 Å². The van der Waals surface area contributed by atoms with E-state index >= 15 is 0 Å². The molecule has 2 heterocycles. The van der Waals surface area contributed by atoms with Crippen LogP contribution in [0.5, 0.6) is 0 Å². The molecule has 0 spiro atoms. The fourth-order valence-corrected chi connectivity index (χ4v) is 3.68. The van der Waals surface area contributed by atoms with Crippen molar-refractivity contribution in [1.29, 1.82) is 5.26 Å². The summed E-state index contributed by atoms with van der Waals surface area (Å²) in [5, 5.41) is 13.3. The highest BCUT2D eigenvalue weighted by molar-refractivity contribution is 5.97. The smallest absolute Gasteiger partial charge is 0.416 e. The van der Waals surface area contributed by atoms with Gasteiger partial charge in [0.15, 0.2) is 5.56 Å². The van der Waals surface area contributed by atoms with Crippen LogP contribution in [0.2, 0.25) is 0 Å². The summed E-state index contributed by atoms with van der Waals surface area (Å²) < 4.78 is 45.1. The molecule has 1 N–H and O–H groups in total. The zero-order valence-corrected chi connectivity index (χ0v) is 18.0. The molecule has 0 aliphatic heterocycles. The van der Waals surface area contributed by atoms with Crippen LogP contribution >= 0.6 is 0 Å². The number of fused-ring (bicyclic) bond motifs is 1. The van der Waals surface area contributed by atoms with E-state index in [1.165, 1.54) is 24.3 Å². The van der Waals surface area contributed by atoms with Gasteiger partial charge in [0.2, 0.25) is 0 Å². The number of alkyl halides is 3. The van der Waals surface area contributed by atoms with Gasteiger partial charge < -0.3 is 9.72 Å². The SMILES string of the molecule is CCOC(=O)c1c(-c2ccc(C#N)cc2)[nH]c2c(-c3ccc(C(F)(F)F)cc3)c(C)nn2c1=O. The number of aromatic amines is 1. The van der Waals surface area contributed by atoms with Crippen molar-refractivity contribution < 1.29 is 22.7 Å². The van der Waals surface area contributed by atoms with Gasteiger partial charge in [0.05, 0.1) is 35.2 Å². The molecule has 0 bridgehead atoms. The van der Waals surface area contributed by atoms with Gasteiger partial charge in [0.1, 0.15) is 5.65 Å². The number of H-pyrrole nitrogens is 1. The highest BCUT2D eigenvalue weighted by Crippen LogP contribution is 2.33. The molecule has 10 heteroatoms. The Hall–Kier alpha value is -4.39. The number of carbonyl (C=O) groups excluding carboxylic acids is 1. The Bertz CT molecular complexity index is 1490. The maximum absolute atomic E-state index is 13.3. The van der Waals surface area contributed by atoms with Crippen LogP contribution in [-0.2, 0) is 10.9 Å². The van der Waals surface area contributed by atoms with Crippen molar-refractivity contribution in [2.45, 2.75) is 20.0 Å². The van der Waals surface area contributed by atoms with Crippen LogP contribution in [0.15, 0.2) is 53.3 Å². The maximum atomic E-state index is 13.3. The number of carbonyl (C=O) groups is 1. The second-order valence-electron chi connectivity index (χ2n) is 7.39. The number of nitrogens with zero attached hydrogens (tertiary/aromatic N) is 3. The van der Waals surface area contributed by atoms with Crippen molar-refractivity contribution in [3.05, 3.63) is 81.3 Å². The minimum absolute atomic E-state index is 0.0397. The number of benzene rings is 2. The molecule has 4 rings (SSSR count). The fraction of sp³-hybridized carbons (Fsp3) is 0.167. The van der Waals surface area contributed by atoms with Crippen LogP contribution < -0.4 is 5.56 Å². The molecule has 2 aromatic heterocycles. The van der Waals surface area contributed by atoms with E-state index in [2.05, 4.69) is 10.1 Å². The van der Waals surface area contributed by atoms with Crippen LogP contribution in [0.1, 0.15) is 34.1 Å². The Kier molecular flexibility index (Phi) is 5.71. The molecule has 4 aromatic rings. The van der Waals surface area contributed by atoms with E-state index in [1.54, 1.807) is 26.0 Å². The second kappa shape index (κ2) is 8.51. The minimum Gasteiger partial charge on any atom is -0.462 e. The van der Waals surface area contributed by atoms with Gasteiger partial charge in [-0.1, -0.05) is 24.3 Å². The number of hydrogen-bond donors (Lipinski definition) is 1. The number of aryl methyl sites for hydroxylation is 1. The van der Waals surface area contributed by atoms with Gasteiger partial charge in [-0.3, -0.25) is 4.79 Å². The number of rotatable bonds is 4. The molecule has 0 saturated carbocycles. The number of esters is 1. The topological polar surface area (TPSA) is 100 Å². The van der Waals surface area contributed by atoms with Gasteiger partial charge in [-0.15, -0.1) is 0 Å². The number of nitrogens with one attached hydrogen (secondary N) is 1. The normalized spacial score (nSPS) is 11.4. The molecule has 0 aliphatic carbocycles. The molecule has 2 aromatic carbocycles. The Morgan fingerprint density at radius 2 is 1.74 bits per heavy atom. The van der Waals surface area contributed by atoms with Gasteiger partial charge >= 0.3 is 12.1 Å². The van der Waals surface area contributed by atoms with Gasteiger partial charge in [-0.25, -0.2) is 4.79 Å². The fourth-order valence-electron chi connectivity index (χ4n) is 3.68. The molecule has 0 amide bonds. The van der Waals surface area contributed by atoms with E-state index in [1.807, 2.05) is 6.07 Å². The first-order valence-corrected chi connectivity index (χ1v) is 10.2. The predicted molar refractivity (Wildman–Crippen MR) is 117 cm³/mol. The zero-order valence-electron chi connectivity index (χ0n) is 18.0. The Balaban J connectivity index is 2.00. The van der Waals surface area contributed by atoms with E-state index in [-0.39, 0.29) is 23.5 Å². The molecule has 0 aliphatic rings. The quantitative estimate of drug-likeness (QED) is 0.438. The van der Waals surface area contributed by atoms with Crippen LogP contribution in [-0.4, -0.2) is 27.2 Å². The highest BCUT2D eigenvalue weighted by atomic mass is 19.4. The summed E-state index contributed by atoms with van der Waals surface area (Å²) in [5.41, 5.74) is 0.550. The maximum Gasteiger partial charge on any atom is 0.416 e. The van der Waals surface area contributed by atoms with Crippen molar-refractivity contribution in [2.75, 3.05) is 6.61 Å². The number of halogens is 3. The number of aromatic nitrogens is 3. The van der Waals surface area contributed by atoms with Crippen molar-refractivity contribution in [2.24, 2.45) is 0 Å². The van der Waals surface area contributed by atoms with Crippen molar-refractivity contribution in [3.8, 4) is 28.5 Å². The first-order chi connectivity index (χ1) is 16.2. The summed E-state index contributed by atoms with van der Waals surface area (Å²) in [6.07, 6.45) is -4.49. The minimum atomic E-state index is -4.49. The molecule has 34 heavy (non-hydrogen) atoms. The van der Waals surface area contributed by atoms with Gasteiger partial charge in [0, 0.05) is 5.56 Å². The average Bonchev–Trinajstić information content (AvgIpc) is 3.15. The summed E-state index contributed by atoms with van der Waals surface area (Å²) in [5.74, 6) is -0.853. The van der Waals surface area contributed by atoms with E-state index < -0.39 is 23.3 Å². The van der Waals surface area contributed by atoms with E-state index in [0.29, 0.717) is 27.9 Å². The third kappa shape index (κ3) is 3.92. The summed E-state index contributed by atoms with van der Waals surface area (Å²) in [4.78, 5) is 29.1. The molecule has 7 nitrogen and oxygen atoms in total. The largest absolute Gasteiger partial charge is 0.462 e. The Morgan fingerprint density at radius 1 is 1.12 bits per heavy atom. The lowest BCUT2D eigenvalue weighted by Crippen LogP contribution is -2.26. The molecule has 0 saturated heterocycles. The monoisotopic (exact) mass is 466 g/mol. The molecular weight excluding hydrogens is 449 g/mol. The van der Waals surface area contributed by atoms with E-state index in [9.17, 15) is 22.8 Å². The first-order valence-electron chi connectivity index (χ1n) is 10.2. The highest BCUT2D eigenvalue weighted by Gasteiger charge is 2.30. The standard InChI is InChI=1S/C24H17F3N4O3/c1-3-34-23(33)19-20(16-6-4-14(12-28)5-7-16)29-21-18(13(2)30-31(21)22(19)32)15-8-10-17(11-9-15)24(25,26)27/h4-11,29H,3H2,1-2H3. The van der Waals surface area contributed by atoms with Crippen molar-refractivity contribution >= 4 is 11.6 Å². The van der Waals surface area contributed by atoms with Gasteiger partial charge in [-0.05, 0) is 49.2 Å². The third-order valence-electron chi connectivity index (χ3n) is 5.24. The van der Waals surface area contributed by atoms with Crippen molar-refractivity contribution in [3.63, 3.8) is 0 Å². The predicted octanol–water partition coefficient (Wildman–Crippen LogP) is 4.73. The Morgan fingerprint density at radius 3 is 2.29 bits per heavy atom. The zero-order chi connectivity index (χ0) is 24.6. The second-order valence-corrected chi connectivity index (χ2v) is 7.39. The number of nitriles is 1. The number of ether oxygens (including phenoxy) is 1. The van der Waals surface area contributed by atoms with E-state index in [0.717, 1.165) is 16.6 Å². The molecule has 0 fully saturated rings. The number of hydrogen-bond acceptors (Lipinski definition) is 5. The lowest BCUT2D eigenvalue weighted by Gasteiger charge is -2.11. The average molecular weight is 466 g/mol. The van der Waals surface area contributed by atoms with Crippen LogP contribution in [0, 0.1) is 18.3 Å². The molecule has 0 unspecified atom stereocenters. The van der Waals surface area contributed by atoms with Gasteiger partial charge in [0.25, 0.3) is 5.56 Å². The third-order valence-corrected chi connectivity index (χ3v) is 5.24.